The van der Waals surface area contributed by atoms with Crippen LogP contribution in [0.1, 0.15) is 0 Å². The molecule has 0 radical (unpaired) electrons. The smallest absolute Gasteiger partial charge is 0.138 e. The van der Waals surface area contributed by atoms with Gasteiger partial charge in [0.15, 0.2) is 0 Å². The highest BCUT2D eigenvalue weighted by molar-refractivity contribution is 9.10. The maximum absolute atomic E-state index is 5.97. The number of aromatic nitrogens is 4. The molecule has 2 N–H and O–H groups in total. The molecule has 0 spiro atoms. The maximum Gasteiger partial charge on any atom is 0.138 e. The standard InChI is InChI=1S/C13H10BrN5/c14-9-1-2-13(18-5-9)19-8-17-7-12(19)10-6-16-4-3-11(10)15/h1-8H,(H2,15,16). The van der Waals surface area contributed by atoms with Gasteiger partial charge in [0.2, 0.25) is 0 Å². The van der Waals surface area contributed by atoms with Crippen LogP contribution in [0.15, 0.2) is 53.8 Å². The Bertz CT molecular complexity index is 705. The normalized spacial score (nSPS) is 10.6. The minimum atomic E-state index is 0.661. The fourth-order valence-electron chi connectivity index (χ4n) is 1.81. The minimum Gasteiger partial charge on any atom is -0.398 e. The van der Waals surface area contributed by atoms with E-state index < -0.39 is 0 Å². The molecule has 19 heavy (non-hydrogen) atoms. The van der Waals surface area contributed by atoms with E-state index >= 15 is 0 Å². The van der Waals surface area contributed by atoms with Crippen LogP contribution in [-0.4, -0.2) is 19.5 Å². The van der Waals surface area contributed by atoms with Crippen molar-refractivity contribution >= 4 is 21.6 Å². The SMILES string of the molecule is Nc1ccncc1-c1cncn1-c1ccc(Br)cn1. The summed E-state index contributed by atoms with van der Waals surface area (Å²) >= 11 is 3.37. The van der Waals surface area contributed by atoms with Gasteiger partial charge in [0.1, 0.15) is 12.1 Å². The topological polar surface area (TPSA) is 69.6 Å². The third-order valence-electron chi connectivity index (χ3n) is 2.73. The average Bonchev–Trinajstić information content (AvgIpc) is 2.89. The van der Waals surface area contributed by atoms with Gasteiger partial charge in [-0.05, 0) is 34.1 Å². The van der Waals surface area contributed by atoms with Gasteiger partial charge in [0.25, 0.3) is 0 Å². The van der Waals surface area contributed by atoms with Crippen molar-refractivity contribution in [2.75, 3.05) is 5.73 Å². The Labute approximate surface area is 118 Å². The Morgan fingerprint density at radius 1 is 1.05 bits per heavy atom. The third-order valence-corrected chi connectivity index (χ3v) is 3.20. The van der Waals surface area contributed by atoms with E-state index in [9.17, 15) is 0 Å². The second-order valence-electron chi connectivity index (χ2n) is 3.95. The Hall–Kier alpha value is -2.21. The monoisotopic (exact) mass is 315 g/mol. The first-order chi connectivity index (χ1) is 9.25. The lowest BCUT2D eigenvalue weighted by molar-refractivity contribution is 0.996. The zero-order valence-corrected chi connectivity index (χ0v) is 11.4. The Balaban J connectivity index is 2.13. The number of hydrogen-bond donors (Lipinski definition) is 1. The first-order valence-electron chi connectivity index (χ1n) is 5.60. The number of imidazole rings is 1. The Kier molecular flexibility index (Phi) is 3.00. The molecule has 0 atom stereocenters. The molecular formula is C13H10BrN5. The van der Waals surface area contributed by atoms with Crippen LogP contribution in [-0.2, 0) is 0 Å². The van der Waals surface area contributed by atoms with Crippen molar-refractivity contribution in [3.05, 3.63) is 53.8 Å². The van der Waals surface area contributed by atoms with E-state index in [2.05, 4.69) is 30.9 Å². The van der Waals surface area contributed by atoms with Gasteiger partial charge in [-0.15, -0.1) is 0 Å². The van der Waals surface area contributed by atoms with Gasteiger partial charge < -0.3 is 5.73 Å². The quantitative estimate of drug-likeness (QED) is 0.789. The summed E-state index contributed by atoms with van der Waals surface area (Å²) in [5.74, 6) is 0.777. The fraction of sp³-hybridized carbons (Fsp3) is 0. The van der Waals surface area contributed by atoms with Crippen molar-refractivity contribution in [3.8, 4) is 17.1 Å². The van der Waals surface area contributed by atoms with Crippen molar-refractivity contribution in [1.29, 1.82) is 0 Å². The number of hydrogen-bond acceptors (Lipinski definition) is 4. The Morgan fingerprint density at radius 2 is 1.95 bits per heavy atom. The molecule has 0 saturated heterocycles. The lowest BCUT2D eigenvalue weighted by Gasteiger charge is -2.08. The highest BCUT2D eigenvalue weighted by atomic mass is 79.9. The summed E-state index contributed by atoms with van der Waals surface area (Å²) in [5, 5.41) is 0. The van der Waals surface area contributed by atoms with E-state index in [-0.39, 0.29) is 0 Å². The second-order valence-corrected chi connectivity index (χ2v) is 4.86. The molecule has 0 aliphatic heterocycles. The van der Waals surface area contributed by atoms with Crippen molar-refractivity contribution in [3.63, 3.8) is 0 Å². The summed E-state index contributed by atoms with van der Waals surface area (Å²) in [6.07, 6.45) is 8.58. The van der Waals surface area contributed by atoms with Crippen molar-refractivity contribution in [2.45, 2.75) is 0 Å². The lowest BCUT2D eigenvalue weighted by Crippen LogP contribution is -2.00. The van der Waals surface area contributed by atoms with Crippen LogP contribution in [0.3, 0.4) is 0 Å². The molecule has 0 bridgehead atoms. The van der Waals surface area contributed by atoms with E-state index in [1.807, 2.05) is 16.7 Å². The largest absolute Gasteiger partial charge is 0.398 e. The molecule has 0 aliphatic rings. The molecule has 0 aromatic carbocycles. The van der Waals surface area contributed by atoms with Crippen molar-refractivity contribution in [2.24, 2.45) is 0 Å². The molecule has 3 aromatic rings. The molecule has 94 valence electrons. The zero-order valence-electron chi connectivity index (χ0n) is 9.86. The molecule has 0 fully saturated rings. The first-order valence-corrected chi connectivity index (χ1v) is 6.39. The molecule has 0 aliphatic carbocycles. The molecule has 3 rings (SSSR count). The summed E-state index contributed by atoms with van der Waals surface area (Å²) < 4.78 is 2.80. The number of rotatable bonds is 2. The molecule has 3 heterocycles. The van der Waals surface area contributed by atoms with Crippen molar-refractivity contribution in [1.82, 2.24) is 19.5 Å². The van der Waals surface area contributed by atoms with Crippen LogP contribution in [0.2, 0.25) is 0 Å². The van der Waals surface area contributed by atoms with E-state index in [4.69, 9.17) is 5.73 Å². The van der Waals surface area contributed by atoms with E-state index in [0.29, 0.717) is 5.69 Å². The van der Waals surface area contributed by atoms with Gasteiger partial charge in [-0.25, -0.2) is 9.97 Å². The first kappa shape index (κ1) is 11.9. The van der Waals surface area contributed by atoms with E-state index in [0.717, 1.165) is 21.5 Å². The van der Waals surface area contributed by atoms with Gasteiger partial charge in [-0.1, -0.05) is 0 Å². The van der Waals surface area contributed by atoms with E-state index in [1.165, 1.54) is 0 Å². The fourth-order valence-corrected chi connectivity index (χ4v) is 2.04. The molecule has 3 aromatic heterocycles. The van der Waals surface area contributed by atoms with Gasteiger partial charge >= 0.3 is 0 Å². The van der Waals surface area contributed by atoms with Crippen LogP contribution >= 0.6 is 15.9 Å². The molecule has 5 nitrogen and oxygen atoms in total. The number of nitrogens with two attached hydrogens (primary N) is 1. The minimum absolute atomic E-state index is 0.661. The number of anilines is 1. The number of nitrogens with zero attached hydrogens (tertiary/aromatic N) is 4. The van der Waals surface area contributed by atoms with Gasteiger partial charge in [0, 0.05) is 34.3 Å². The number of nitrogen functional groups attached to an aromatic ring is 1. The van der Waals surface area contributed by atoms with Gasteiger partial charge in [-0.2, -0.15) is 0 Å². The summed E-state index contributed by atoms with van der Waals surface area (Å²) in [5.41, 5.74) is 8.33. The molecule has 6 heteroatoms. The van der Waals surface area contributed by atoms with Crippen LogP contribution in [0.5, 0.6) is 0 Å². The number of halogens is 1. The highest BCUT2D eigenvalue weighted by Crippen LogP contribution is 2.26. The third kappa shape index (κ3) is 2.22. The lowest BCUT2D eigenvalue weighted by atomic mass is 10.2. The molecule has 0 unspecified atom stereocenters. The number of pyridine rings is 2. The second kappa shape index (κ2) is 4.81. The summed E-state index contributed by atoms with van der Waals surface area (Å²) in [4.78, 5) is 12.6. The average molecular weight is 316 g/mol. The van der Waals surface area contributed by atoms with Gasteiger partial charge in [-0.3, -0.25) is 9.55 Å². The van der Waals surface area contributed by atoms with Crippen LogP contribution in [0, 0.1) is 0 Å². The summed E-state index contributed by atoms with van der Waals surface area (Å²) in [6, 6.07) is 5.60. The van der Waals surface area contributed by atoms with Crippen LogP contribution < -0.4 is 5.73 Å². The zero-order chi connectivity index (χ0) is 13.2. The summed E-state index contributed by atoms with van der Waals surface area (Å²) in [6.45, 7) is 0. The van der Waals surface area contributed by atoms with Gasteiger partial charge in [0.05, 0.1) is 11.9 Å². The predicted molar refractivity (Wildman–Crippen MR) is 76.7 cm³/mol. The van der Waals surface area contributed by atoms with E-state index in [1.54, 1.807) is 37.2 Å². The maximum atomic E-state index is 5.97. The summed E-state index contributed by atoms with van der Waals surface area (Å²) in [7, 11) is 0. The molecular weight excluding hydrogens is 306 g/mol. The molecule has 0 amide bonds. The Morgan fingerprint density at radius 3 is 2.68 bits per heavy atom. The predicted octanol–water partition coefficient (Wildman–Crippen LogP) is 2.67. The molecule has 0 saturated carbocycles. The van der Waals surface area contributed by atoms with Crippen LogP contribution in [0.25, 0.3) is 17.1 Å². The van der Waals surface area contributed by atoms with Crippen LogP contribution in [0.4, 0.5) is 5.69 Å². The van der Waals surface area contributed by atoms with Crippen molar-refractivity contribution < 1.29 is 0 Å². The highest BCUT2D eigenvalue weighted by Gasteiger charge is 2.10.